The number of sulfone groups is 1. The van der Waals surface area contributed by atoms with Crippen LogP contribution in [0.1, 0.15) is 22.3 Å². The monoisotopic (exact) mass is 386 g/mol. The zero-order chi connectivity index (χ0) is 19.6. The summed E-state index contributed by atoms with van der Waals surface area (Å²) in [5, 5.41) is 2.77. The number of rotatable bonds is 5. The Morgan fingerprint density at radius 3 is 2.48 bits per heavy atom. The number of hydrogen-bond donors (Lipinski definition) is 1. The third-order valence-corrected chi connectivity index (χ3v) is 5.79. The van der Waals surface area contributed by atoms with Crippen LogP contribution in [0.5, 0.6) is 0 Å². The summed E-state index contributed by atoms with van der Waals surface area (Å²) in [4.78, 5) is 26.5. The van der Waals surface area contributed by atoms with Crippen molar-refractivity contribution in [2.45, 2.75) is 18.2 Å². The topological polar surface area (TPSA) is 83.6 Å². The van der Waals surface area contributed by atoms with E-state index in [1.54, 1.807) is 17.0 Å². The first-order valence-electron chi connectivity index (χ1n) is 8.70. The molecule has 0 aromatic heterocycles. The van der Waals surface area contributed by atoms with Crippen LogP contribution in [0, 0.1) is 12.8 Å². The number of benzene rings is 2. The van der Waals surface area contributed by atoms with Gasteiger partial charge in [0.05, 0.1) is 10.5 Å². The first-order valence-corrected chi connectivity index (χ1v) is 10.6. The lowest BCUT2D eigenvalue weighted by Gasteiger charge is -2.17. The van der Waals surface area contributed by atoms with E-state index in [4.69, 9.17) is 0 Å². The van der Waals surface area contributed by atoms with Crippen LogP contribution in [0.3, 0.4) is 0 Å². The van der Waals surface area contributed by atoms with Crippen LogP contribution < -0.4 is 10.2 Å². The van der Waals surface area contributed by atoms with Gasteiger partial charge in [0.25, 0.3) is 5.91 Å². The Morgan fingerprint density at radius 2 is 1.81 bits per heavy atom. The summed E-state index contributed by atoms with van der Waals surface area (Å²) in [5.74, 6) is -0.444. The number of amides is 2. The molecule has 0 radical (unpaired) electrons. The second-order valence-corrected chi connectivity index (χ2v) is 8.87. The highest BCUT2D eigenvalue weighted by molar-refractivity contribution is 7.90. The van der Waals surface area contributed by atoms with Crippen molar-refractivity contribution in [1.29, 1.82) is 0 Å². The zero-order valence-electron chi connectivity index (χ0n) is 15.3. The molecule has 27 heavy (non-hydrogen) atoms. The maximum absolute atomic E-state index is 12.5. The molecular formula is C20H22N2O4S. The number of hydrogen-bond acceptors (Lipinski definition) is 4. The second-order valence-electron chi connectivity index (χ2n) is 6.89. The van der Waals surface area contributed by atoms with Gasteiger partial charge in [-0.15, -0.1) is 0 Å². The quantitative estimate of drug-likeness (QED) is 0.854. The summed E-state index contributed by atoms with van der Waals surface area (Å²) in [5.41, 5.74) is 2.10. The molecule has 0 spiro atoms. The van der Waals surface area contributed by atoms with Crippen LogP contribution in [0.4, 0.5) is 5.69 Å². The summed E-state index contributed by atoms with van der Waals surface area (Å²) >= 11 is 0. The third kappa shape index (κ3) is 4.36. The van der Waals surface area contributed by atoms with Gasteiger partial charge < -0.3 is 10.2 Å². The molecule has 1 unspecified atom stereocenters. The highest BCUT2D eigenvalue weighted by Gasteiger charge is 2.31. The van der Waals surface area contributed by atoms with Gasteiger partial charge in [-0.3, -0.25) is 9.59 Å². The third-order valence-electron chi connectivity index (χ3n) is 4.63. The van der Waals surface area contributed by atoms with Crippen molar-refractivity contribution in [3.05, 3.63) is 59.7 Å². The minimum absolute atomic E-state index is 0.00582. The van der Waals surface area contributed by atoms with Gasteiger partial charge in [0, 0.05) is 37.4 Å². The Bertz CT molecular complexity index is 968. The van der Waals surface area contributed by atoms with Gasteiger partial charge >= 0.3 is 0 Å². The highest BCUT2D eigenvalue weighted by Crippen LogP contribution is 2.25. The molecule has 1 aliphatic heterocycles. The lowest BCUT2D eigenvalue weighted by molar-refractivity contribution is -0.117. The van der Waals surface area contributed by atoms with Crippen molar-refractivity contribution in [2.75, 3.05) is 24.2 Å². The molecule has 1 fully saturated rings. The minimum Gasteiger partial charge on any atom is -0.352 e. The Labute approximate surface area is 159 Å². The molecule has 1 heterocycles. The van der Waals surface area contributed by atoms with Crippen molar-refractivity contribution in [3.63, 3.8) is 0 Å². The van der Waals surface area contributed by atoms with E-state index in [1.807, 2.05) is 31.2 Å². The van der Waals surface area contributed by atoms with Crippen LogP contribution in [0.15, 0.2) is 53.4 Å². The van der Waals surface area contributed by atoms with Crippen molar-refractivity contribution in [2.24, 2.45) is 5.92 Å². The molecule has 3 rings (SSSR count). The van der Waals surface area contributed by atoms with Crippen molar-refractivity contribution < 1.29 is 18.0 Å². The number of carbonyl (C=O) groups is 2. The predicted octanol–water partition coefficient (Wildman–Crippen LogP) is 2.18. The Kier molecular flexibility index (Phi) is 5.32. The Balaban J connectivity index is 1.65. The minimum atomic E-state index is -3.50. The SMILES string of the molecule is Cc1ccc(N2CC(CNC(=O)c3ccccc3S(C)(=O)=O)CC2=O)cc1. The van der Waals surface area contributed by atoms with Crippen LogP contribution in [0.25, 0.3) is 0 Å². The van der Waals surface area contributed by atoms with E-state index in [9.17, 15) is 18.0 Å². The summed E-state index contributed by atoms with van der Waals surface area (Å²) in [6, 6.07) is 13.9. The van der Waals surface area contributed by atoms with Gasteiger partial charge in [0.1, 0.15) is 0 Å². The van der Waals surface area contributed by atoms with Crippen molar-refractivity contribution in [1.82, 2.24) is 5.32 Å². The maximum Gasteiger partial charge on any atom is 0.252 e. The van der Waals surface area contributed by atoms with E-state index in [-0.39, 0.29) is 22.3 Å². The molecular weight excluding hydrogens is 364 g/mol. The molecule has 2 amide bonds. The summed E-state index contributed by atoms with van der Waals surface area (Å²) < 4.78 is 23.7. The normalized spacial score (nSPS) is 17.2. The number of anilines is 1. The molecule has 1 N–H and O–H groups in total. The lowest BCUT2D eigenvalue weighted by Crippen LogP contribution is -2.32. The molecule has 0 bridgehead atoms. The summed E-state index contributed by atoms with van der Waals surface area (Å²) in [6.45, 7) is 2.82. The molecule has 6 nitrogen and oxygen atoms in total. The molecule has 142 valence electrons. The van der Waals surface area contributed by atoms with Crippen molar-refractivity contribution >= 4 is 27.3 Å². The second kappa shape index (κ2) is 7.52. The molecule has 1 atom stereocenters. The fourth-order valence-electron chi connectivity index (χ4n) is 3.20. The average Bonchev–Trinajstić information content (AvgIpc) is 3.00. The molecule has 0 aliphatic carbocycles. The number of aryl methyl sites for hydroxylation is 1. The largest absolute Gasteiger partial charge is 0.352 e. The number of nitrogens with zero attached hydrogens (tertiary/aromatic N) is 1. The zero-order valence-corrected chi connectivity index (χ0v) is 16.1. The highest BCUT2D eigenvalue weighted by atomic mass is 32.2. The Morgan fingerprint density at radius 1 is 1.15 bits per heavy atom. The van der Waals surface area contributed by atoms with E-state index < -0.39 is 15.7 Å². The molecule has 2 aromatic carbocycles. The summed E-state index contributed by atoms with van der Waals surface area (Å²) in [7, 11) is -3.50. The van der Waals surface area contributed by atoms with Crippen LogP contribution in [-0.4, -0.2) is 39.6 Å². The molecule has 1 aliphatic rings. The lowest BCUT2D eigenvalue weighted by atomic mass is 10.1. The van der Waals surface area contributed by atoms with Crippen LogP contribution >= 0.6 is 0 Å². The van der Waals surface area contributed by atoms with E-state index in [1.165, 1.54) is 12.1 Å². The first-order chi connectivity index (χ1) is 12.8. The standard InChI is InChI=1S/C20H22N2O4S/c1-14-7-9-16(10-8-14)22-13-15(11-19(22)23)12-21-20(24)17-5-3-4-6-18(17)27(2,25)26/h3-10,15H,11-13H2,1-2H3,(H,21,24). The van der Waals surface area contributed by atoms with Crippen molar-refractivity contribution in [3.8, 4) is 0 Å². The van der Waals surface area contributed by atoms with E-state index in [2.05, 4.69) is 5.32 Å². The van der Waals surface area contributed by atoms with Gasteiger partial charge in [-0.2, -0.15) is 0 Å². The fraction of sp³-hybridized carbons (Fsp3) is 0.300. The van der Waals surface area contributed by atoms with Crippen LogP contribution in [-0.2, 0) is 14.6 Å². The number of carbonyl (C=O) groups excluding carboxylic acids is 2. The first kappa shape index (κ1) is 19.1. The van der Waals surface area contributed by atoms with E-state index in [0.717, 1.165) is 17.5 Å². The van der Waals surface area contributed by atoms with Gasteiger partial charge in [0.2, 0.25) is 5.91 Å². The van der Waals surface area contributed by atoms with Crippen LogP contribution in [0.2, 0.25) is 0 Å². The number of nitrogens with one attached hydrogen (secondary N) is 1. The van der Waals surface area contributed by atoms with E-state index in [0.29, 0.717) is 19.5 Å². The fourth-order valence-corrected chi connectivity index (χ4v) is 4.09. The van der Waals surface area contributed by atoms with Gasteiger partial charge in [-0.1, -0.05) is 29.8 Å². The molecule has 7 heteroatoms. The summed E-state index contributed by atoms with van der Waals surface area (Å²) in [6.07, 6.45) is 1.43. The predicted molar refractivity (Wildman–Crippen MR) is 104 cm³/mol. The van der Waals surface area contributed by atoms with E-state index >= 15 is 0 Å². The molecule has 1 saturated heterocycles. The molecule has 2 aromatic rings. The maximum atomic E-state index is 12.5. The van der Waals surface area contributed by atoms with Gasteiger partial charge in [0.15, 0.2) is 9.84 Å². The Hall–Kier alpha value is -2.67. The molecule has 0 saturated carbocycles. The average molecular weight is 386 g/mol. The van der Waals surface area contributed by atoms with Gasteiger partial charge in [-0.05, 0) is 31.2 Å². The van der Waals surface area contributed by atoms with Gasteiger partial charge in [-0.25, -0.2) is 8.42 Å². The smallest absolute Gasteiger partial charge is 0.252 e.